The van der Waals surface area contributed by atoms with Gasteiger partial charge in [0.25, 0.3) is 0 Å². The molecule has 19 heavy (non-hydrogen) atoms. The fraction of sp³-hybridized carbons (Fsp3) is 0.647. The third kappa shape index (κ3) is 6.11. The van der Waals surface area contributed by atoms with Gasteiger partial charge in [-0.15, -0.1) is 0 Å². The summed E-state index contributed by atoms with van der Waals surface area (Å²) >= 11 is 0. The van der Waals surface area contributed by atoms with Gasteiger partial charge in [0.2, 0.25) is 0 Å². The van der Waals surface area contributed by atoms with Crippen molar-refractivity contribution in [3.8, 4) is 5.75 Å². The van der Waals surface area contributed by atoms with Crippen molar-refractivity contribution < 1.29 is 4.74 Å². The molecule has 1 atom stereocenters. The number of nitrogens with one attached hydrogen (secondary N) is 1. The molecule has 0 aliphatic carbocycles. The summed E-state index contributed by atoms with van der Waals surface area (Å²) in [5.74, 6) is 0.989. The van der Waals surface area contributed by atoms with Crippen LogP contribution in [0.2, 0.25) is 0 Å². The molecule has 0 spiro atoms. The molecule has 0 saturated heterocycles. The minimum atomic E-state index is 0.481. The number of hydrogen-bond acceptors (Lipinski definition) is 2. The summed E-state index contributed by atoms with van der Waals surface area (Å²) in [4.78, 5) is 0. The highest BCUT2D eigenvalue weighted by Gasteiger charge is 2.09. The van der Waals surface area contributed by atoms with Crippen LogP contribution in [0.5, 0.6) is 5.75 Å². The molecular formula is C17H29NO. The van der Waals surface area contributed by atoms with E-state index in [-0.39, 0.29) is 0 Å². The Hall–Kier alpha value is -1.02. The van der Waals surface area contributed by atoms with Gasteiger partial charge in [0, 0.05) is 6.04 Å². The highest BCUT2D eigenvalue weighted by atomic mass is 16.5. The van der Waals surface area contributed by atoms with E-state index in [4.69, 9.17) is 4.74 Å². The minimum Gasteiger partial charge on any atom is -0.494 e. The molecule has 1 N–H and O–H groups in total. The van der Waals surface area contributed by atoms with Crippen LogP contribution in [0.25, 0.3) is 0 Å². The first-order valence-corrected chi connectivity index (χ1v) is 7.77. The van der Waals surface area contributed by atoms with E-state index < -0.39 is 0 Å². The molecule has 1 rings (SSSR count). The first kappa shape index (κ1) is 16.0. The molecule has 0 bridgehead atoms. The second-order valence-electron chi connectivity index (χ2n) is 5.07. The minimum absolute atomic E-state index is 0.481. The lowest BCUT2D eigenvalue weighted by Gasteiger charge is -2.18. The van der Waals surface area contributed by atoms with Gasteiger partial charge in [-0.2, -0.15) is 0 Å². The molecule has 0 radical (unpaired) electrons. The van der Waals surface area contributed by atoms with E-state index in [1.54, 1.807) is 0 Å². The molecule has 108 valence electrons. The first-order chi connectivity index (χ1) is 9.31. The van der Waals surface area contributed by atoms with Crippen molar-refractivity contribution in [1.29, 1.82) is 0 Å². The van der Waals surface area contributed by atoms with Crippen LogP contribution >= 0.6 is 0 Å². The Kier molecular flexibility index (Phi) is 8.31. The van der Waals surface area contributed by atoms with Crippen molar-refractivity contribution in [3.63, 3.8) is 0 Å². The SMILES string of the molecule is CCCCOc1ccc(C(CCC)NCCC)cc1. The van der Waals surface area contributed by atoms with Crippen molar-refractivity contribution in [1.82, 2.24) is 5.32 Å². The first-order valence-electron chi connectivity index (χ1n) is 7.77. The second-order valence-corrected chi connectivity index (χ2v) is 5.07. The Morgan fingerprint density at radius 1 is 1.00 bits per heavy atom. The monoisotopic (exact) mass is 263 g/mol. The smallest absolute Gasteiger partial charge is 0.119 e. The van der Waals surface area contributed by atoms with Gasteiger partial charge in [-0.05, 0) is 43.5 Å². The second kappa shape index (κ2) is 9.85. The van der Waals surface area contributed by atoms with Gasteiger partial charge in [-0.3, -0.25) is 0 Å². The maximum absolute atomic E-state index is 5.70. The van der Waals surface area contributed by atoms with Gasteiger partial charge < -0.3 is 10.1 Å². The van der Waals surface area contributed by atoms with E-state index in [0.29, 0.717) is 6.04 Å². The largest absolute Gasteiger partial charge is 0.494 e. The average molecular weight is 263 g/mol. The maximum atomic E-state index is 5.70. The molecule has 0 saturated carbocycles. The fourth-order valence-corrected chi connectivity index (χ4v) is 2.12. The Morgan fingerprint density at radius 3 is 2.32 bits per heavy atom. The number of benzene rings is 1. The lowest BCUT2D eigenvalue weighted by Crippen LogP contribution is -2.21. The number of unbranched alkanes of at least 4 members (excludes halogenated alkanes) is 1. The zero-order valence-electron chi connectivity index (χ0n) is 12.7. The van der Waals surface area contributed by atoms with E-state index in [1.165, 1.54) is 31.2 Å². The molecule has 1 unspecified atom stereocenters. The lowest BCUT2D eigenvalue weighted by atomic mass is 10.0. The Balaban J connectivity index is 2.55. The molecular weight excluding hydrogens is 234 g/mol. The average Bonchev–Trinajstić information content (AvgIpc) is 2.45. The van der Waals surface area contributed by atoms with Gasteiger partial charge in [-0.25, -0.2) is 0 Å². The topological polar surface area (TPSA) is 21.3 Å². The predicted octanol–water partition coefficient (Wildman–Crippen LogP) is 4.71. The summed E-state index contributed by atoms with van der Waals surface area (Å²) < 4.78 is 5.70. The van der Waals surface area contributed by atoms with E-state index in [9.17, 15) is 0 Å². The highest BCUT2D eigenvalue weighted by molar-refractivity contribution is 5.29. The summed E-state index contributed by atoms with van der Waals surface area (Å²) in [6, 6.07) is 9.08. The standard InChI is InChI=1S/C17H29NO/c1-4-7-14-19-16-11-9-15(10-12-16)17(8-5-2)18-13-6-3/h9-12,17-18H,4-8,13-14H2,1-3H3. The molecule has 0 aliphatic rings. The Bertz CT molecular complexity index is 321. The normalized spacial score (nSPS) is 12.4. The van der Waals surface area contributed by atoms with Gasteiger partial charge in [-0.1, -0.05) is 45.7 Å². The van der Waals surface area contributed by atoms with Crippen molar-refractivity contribution in [2.75, 3.05) is 13.2 Å². The van der Waals surface area contributed by atoms with Crippen molar-refractivity contribution >= 4 is 0 Å². The van der Waals surface area contributed by atoms with Crippen LogP contribution in [0.1, 0.15) is 64.5 Å². The predicted molar refractivity (Wildman–Crippen MR) is 82.8 cm³/mol. The number of ether oxygens (including phenoxy) is 1. The van der Waals surface area contributed by atoms with Crippen LogP contribution in [-0.4, -0.2) is 13.2 Å². The molecule has 0 heterocycles. The van der Waals surface area contributed by atoms with E-state index in [2.05, 4.69) is 50.4 Å². The van der Waals surface area contributed by atoms with Crippen LogP contribution in [0.3, 0.4) is 0 Å². The van der Waals surface area contributed by atoms with Crippen LogP contribution in [0, 0.1) is 0 Å². The van der Waals surface area contributed by atoms with Crippen LogP contribution in [0.15, 0.2) is 24.3 Å². The van der Waals surface area contributed by atoms with Crippen LogP contribution in [-0.2, 0) is 0 Å². The molecule has 1 aromatic carbocycles. The molecule has 0 aromatic heterocycles. The summed E-state index contributed by atoms with van der Waals surface area (Å²) in [5, 5.41) is 3.62. The molecule has 2 nitrogen and oxygen atoms in total. The zero-order valence-corrected chi connectivity index (χ0v) is 12.7. The van der Waals surface area contributed by atoms with Gasteiger partial charge in [0.15, 0.2) is 0 Å². The maximum Gasteiger partial charge on any atom is 0.119 e. The van der Waals surface area contributed by atoms with E-state index >= 15 is 0 Å². The van der Waals surface area contributed by atoms with Gasteiger partial charge >= 0.3 is 0 Å². The molecule has 0 amide bonds. The summed E-state index contributed by atoms with van der Waals surface area (Å²) in [6.07, 6.45) is 5.88. The molecule has 0 aliphatic heterocycles. The third-order valence-corrected chi connectivity index (χ3v) is 3.27. The summed E-state index contributed by atoms with van der Waals surface area (Å²) in [6.45, 7) is 8.53. The summed E-state index contributed by atoms with van der Waals surface area (Å²) in [7, 11) is 0. The summed E-state index contributed by atoms with van der Waals surface area (Å²) in [5.41, 5.74) is 1.37. The Morgan fingerprint density at radius 2 is 1.74 bits per heavy atom. The molecule has 0 fully saturated rings. The van der Waals surface area contributed by atoms with E-state index in [1.807, 2.05) is 0 Å². The van der Waals surface area contributed by atoms with Crippen molar-refractivity contribution in [2.45, 2.75) is 58.9 Å². The molecule has 1 aromatic rings. The van der Waals surface area contributed by atoms with Crippen molar-refractivity contribution in [2.24, 2.45) is 0 Å². The van der Waals surface area contributed by atoms with Crippen LogP contribution < -0.4 is 10.1 Å². The number of hydrogen-bond donors (Lipinski definition) is 1. The van der Waals surface area contributed by atoms with Crippen LogP contribution in [0.4, 0.5) is 0 Å². The van der Waals surface area contributed by atoms with Gasteiger partial charge in [0.1, 0.15) is 5.75 Å². The van der Waals surface area contributed by atoms with Crippen molar-refractivity contribution in [3.05, 3.63) is 29.8 Å². The van der Waals surface area contributed by atoms with E-state index in [0.717, 1.165) is 25.3 Å². The fourth-order valence-electron chi connectivity index (χ4n) is 2.12. The van der Waals surface area contributed by atoms with Gasteiger partial charge in [0.05, 0.1) is 6.61 Å². The Labute approximate surface area is 118 Å². The zero-order chi connectivity index (χ0) is 13.9. The number of rotatable bonds is 10. The highest BCUT2D eigenvalue weighted by Crippen LogP contribution is 2.21. The third-order valence-electron chi connectivity index (χ3n) is 3.27. The molecule has 2 heteroatoms. The lowest BCUT2D eigenvalue weighted by molar-refractivity contribution is 0.309. The quantitative estimate of drug-likeness (QED) is 0.617.